The topological polar surface area (TPSA) is 46.9 Å². The minimum Gasteiger partial charge on any atom is -0.310 e. The van der Waals surface area contributed by atoms with E-state index in [2.05, 4.69) is 24.3 Å². The van der Waals surface area contributed by atoms with Crippen LogP contribution in [0, 0.1) is 17.2 Å². The minimum absolute atomic E-state index is 0.0573. The highest BCUT2D eigenvalue weighted by atomic mass is 19.3. The molecular formula is C22H26F3N3O. The molecule has 0 radical (unpaired) electrons. The fourth-order valence-electron chi connectivity index (χ4n) is 4.48. The Bertz CT molecular complexity index is 922. The molecule has 1 amide bonds. The van der Waals surface area contributed by atoms with E-state index < -0.39 is 11.7 Å². The van der Waals surface area contributed by atoms with Gasteiger partial charge in [0.2, 0.25) is 5.91 Å². The molecule has 156 valence electrons. The molecular weight excluding hydrogens is 379 g/mol. The first-order chi connectivity index (χ1) is 13.6. The van der Waals surface area contributed by atoms with Crippen molar-refractivity contribution in [1.82, 2.24) is 9.78 Å². The van der Waals surface area contributed by atoms with Gasteiger partial charge >= 0.3 is 5.92 Å². The van der Waals surface area contributed by atoms with Crippen molar-refractivity contribution in [2.45, 2.75) is 57.8 Å². The number of aromatic nitrogens is 2. The van der Waals surface area contributed by atoms with E-state index in [0.717, 1.165) is 56.4 Å². The van der Waals surface area contributed by atoms with E-state index in [1.807, 2.05) is 0 Å². The zero-order chi connectivity index (χ0) is 21.0. The number of nitrogens with zero attached hydrogens (tertiary/aromatic N) is 2. The lowest BCUT2D eigenvalue weighted by molar-refractivity contribution is -0.126. The number of rotatable bonds is 5. The SMILES string of the molecule is Cn1nc(C(F)(F)c2ccc(F)cc2)c(C2CCC2)c1NC(=O)C1CC(C)(C)C1. The average Bonchev–Trinajstić information content (AvgIpc) is 2.89. The van der Waals surface area contributed by atoms with Gasteiger partial charge < -0.3 is 5.32 Å². The van der Waals surface area contributed by atoms with Crippen LogP contribution in [0.3, 0.4) is 0 Å². The largest absolute Gasteiger partial charge is 0.317 e. The van der Waals surface area contributed by atoms with Crippen molar-refractivity contribution in [2.75, 3.05) is 5.32 Å². The summed E-state index contributed by atoms with van der Waals surface area (Å²) in [5.74, 6) is -3.88. The molecule has 2 aromatic rings. The highest BCUT2D eigenvalue weighted by Gasteiger charge is 2.45. The van der Waals surface area contributed by atoms with Crippen LogP contribution in [0.15, 0.2) is 24.3 Å². The molecule has 2 saturated carbocycles. The number of carbonyl (C=O) groups is 1. The number of hydrogen-bond donors (Lipinski definition) is 1. The van der Waals surface area contributed by atoms with Crippen molar-refractivity contribution >= 4 is 11.7 Å². The Morgan fingerprint density at radius 1 is 1.21 bits per heavy atom. The Morgan fingerprint density at radius 2 is 1.83 bits per heavy atom. The van der Waals surface area contributed by atoms with Crippen LogP contribution in [-0.4, -0.2) is 15.7 Å². The lowest BCUT2D eigenvalue weighted by atomic mass is 9.64. The summed E-state index contributed by atoms with van der Waals surface area (Å²) >= 11 is 0. The number of carbonyl (C=O) groups excluding carboxylic acids is 1. The van der Waals surface area contributed by atoms with E-state index in [9.17, 15) is 9.18 Å². The molecule has 1 N–H and O–H groups in total. The molecule has 29 heavy (non-hydrogen) atoms. The second-order valence-electron chi connectivity index (χ2n) is 9.20. The van der Waals surface area contributed by atoms with Crippen molar-refractivity contribution < 1.29 is 18.0 Å². The average molecular weight is 405 g/mol. The van der Waals surface area contributed by atoms with E-state index in [0.29, 0.717) is 11.4 Å². The maximum atomic E-state index is 15.4. The molecule has 7 heteroatoms. The number of anilines is 1. The Morgan fingerprint density at radius 3 is 2.34 bits per heavy atom. The Balaban J connectivity index is 1.69. The lowest BCUT2D eigenvalue weighted by Crippen LogP contribution is -2.40. The number of benzene rings is 1. The number of aryl methyl sites for hydroxylation is 1. The van der Waals surface area contributed by atoms with Gasteiger partial charge in [-0.25, -0.2) is 4.39 Å². The van der Waals surface area contributed by atoms with Gasteiger partial charge in [-0.1, -0.05) is 20.3 Å². The van der Waals surface area contributed by atoms with Gasteiger partial charge in [-0.2, -0.15) is 13.9 Å². The van der Waals surface area contributed by atoms with Crippen LogP contribution in [0.4, 0.5) is 19.0 Å². The van der Waals surface area contributed by atoms with Gasteiger partial charge in [0.15, 0.2) is 0 Å². The Kier molecular flexibility index (Phi) is 4.74. The number of amides is 1. The van der Waals surface area contributed by atoms with Crippen LogP contribution < -0.4 is 5.32 Å². The second-order valence-corrected chi connectivity index (χ2v) is 9.20. The Labute approximate surface area is 168 Å². The molecule has 4 rings (SSSR count). The number of nitrogens with one attached hydrogen (secondary N) is 1. The van der Waals surface area contributed by atoms with Crippen molar-refractivity contribution in [3.8, 4) is 0 Å². The predicted octanol–water partition coefficient (Wildman–Crippen LogP) is 5.34. The molecule has 1 aromatic heterocycles. The molecule has 1 heterocycles. The van der Waals surface area contributed by atoms with Crippen LogP contribution >= 0.6 is 0 Å². The molecule has 2 aliphatic rings. The molecule has 0 saturated heterocycles. The van der Waals surface area contributed by atoms with E-state index in [1.165, 1.54) is 4.68 Å². The summed E-state index contributed by atoms with van der Waals surface area (Å²) in [5, 5.41) is 7.02. The molecule has 0 atom stereocenters. The van der Waals surface area contributed by atoms with Crippen molar-refractivity contribution in [1.29, 1.82) is 0 Å². The summed E-state index contributed by atoms with van der Waals surface area (Å²) in [5.41, 5.74) is -0.0942. The molecule has 0 bridgehead atoms. The van der Waals surface area contributed by atoms with E-state index in [1.54, 1.807) is 7.05 Å². The third-order valence-electron chi connectivity index (χ3n) is 6.31. The molecule has 0 unspecified atom stereocenters. The number of alkyl halides is 2. The van der Waals surface area contributed by atoms with Crippen LogP contribution in [0.2, 0.25) is 0 Å². The second kappa shape index (κ2) is 6.89. The highest BCUT2D eigenvalue weighted by Crippen LogP contribution is 2.49. The maximum absolute atomic E-state index is 15.4. The van der Waals surface area contributed by atoms with Gasteiger partial charge in [-0.05, 0) is 61.3 Å². The van der Waals surface area contributed by atoms with Crippen LogP contribution in [0.25, 0.3) is 0 Å². The molecule has 4 nitrogen and oxygen atoms in total. The summed E-state index contributed by atoms with van der Waals surface area (Å²) in [6, 6.07) is 4.22. The van der Waals surface area contributed by atoms with Gasteiger partial charge in [0, 0.05) is 24.1 Å². The number of hydrogen-bond acceptors (Lipinski definition) is 2. The van der Waals surface area contributed by atoms with Crippen molar-refractivity contribution in [3.05, 3.63) is 46.9 Å². The first kappa shape index (κ1) is 20.0. The van der Waals surface area contributed by atoms with Crippen molar-refractivity contribution in [3.63, 3.8) is 0 Å². The van der Waals surface area contributed by atoms with Crippen LogP contribution in [-0.2, 0) is 17.8 Å². The van der Waals surface area contributed by atoms with Gasteiger partial charge in [0.05, 0.1) is 0 Å². The van der Waals surface area contributed by atoms with E-state index in [4.69, 9.17) is 0 Å². The van der Waals surface area contributed by atoms with Gasteiger partial charge in [-0.15, -0.1) is 0 Å². The summed E-state index contributed by atoms with van der Waals surface area (Å²) < 4.78 is 45.3. The van der Waals surface area contributed by atoms with Gasteiger partial charge in [-0.3, -0.25) is 9.48 Å². The first-order valence-electron chi connectivity index (χ1n) is 10.1. The molecule has 2 aliphatic carbocycles. The lowest BCUT2D eigenvalue weighted by Gasteiger charge is -2.41. The summed E-state index contributed by atoms with van der Waals surface area (Å²) in [7, 11) is 1.58. The summed E-state index contributed by atoms with van der Waals surface area (Å²) in [4.78, 5) is 12.7. The highest BCUT2D eigenvalue weighted by molar-refractivity contribution is 5.93. The monoisotopic (exact) mass is 405 g/mol. The van der Waals surface area contributed by atoms with E-state index >= 15 is 8.78 Å². The molecule has 0 aliphatic heterocycles. The van der Waals surface area contributed by atoms with Gasteiger partial charge in [0.1, 0.15) is 17.3 Å². The zero-order valence-electron chi connectivity index (χ0n) is 16.9. The zero-order valence-corrected chi connectivity index (χ0v) is 16.9. The molecule has 1 aromatic carbocycles. The van der Waals surface area contributed by atoms with Crippen LogP contribution in [0.1, 0.15) is 68.7 Å². The number of halogens is 3. The maximum Gasteiger partial charge on any atom is 0.317 e. The molecule has 0 spiro atoms. The third-order valence-corrected chi connectivity index (χ3v) is 6.31. The normalized spacial score (nSPS) is 19.5. The third kappa shape index (κ3) is 3.55. The van der Waals surface area contributed by atoms with E-state index in [-0.39, 0.29) is 34.4 Å². The fraction of sp³-hybridized carbons (Fsp3) is 0.545. The predicted molar refractivity (Wildman–Crippen MR) is 104 cm³/mol. The first-order valence-corrected chi connectivity index (χ1v) is 10.1. The quantitative estimate of drug-likeness (QED) is 0.730. The summed E-state index contributed by atoms with van der Waals surface area (Å²) in [6.45, 7) is 4.23. The standard InChI is InChI=1S/C22H26F3N3O/c1-21(2)11-14(12-21)20(29)26-19-17(13-5-4-6-13)18(27-28(19)3)22(24,25)15-7-9-16(23)10-8-15/h7-10,13-14H,4-6,11-12H2,1-3H3,(H,26,29). The molecule has 2 fully saturated rings. The van der Waals surface area contributed by atoms with Crippen molar-refractivity contribution in [2.24, 2.45) is 18.4 Å². The smallest absolute Gasteiger partial charge is 0.310 e. The van der Waals surface area contributed by atoms with Gasteiger partial charge in [0.25, 0.3) is 0 Å². The fourth-order valence-corrected chi connectivity index (χ4v) is 4.48. The minimum atomic E-state index is -3.38. The Hall–Kier alpha value is -2.31. The summed E-state index contributed by atoms with van der Waals surface area (Å²) in [6.07, 6.45) is 4.11. The van der Waals surface area contributed by atoms with Crippen LogP contribution in [0.5, 0.6) is 0 Å².